The molecular formula is C23H32N6O3. The maximum absolute atomic E-state index is 12.4. The summed E-state index contributed by atoms with van der Waals surface area (Å²) in [7, 11) is 1.68. The van der Waals surface area contributed by atoms with Crippen molar-refractivity contribution in [3.05, 3.63) is 36.0 Å². The van der Waals surface area contributed by atoms with Crippen molar-refractivity contribution in [3.8, 4) is 5.75 Å². The van der Waals surface area contributed by atoms with E-state index in [4.69, 9.17) is 4.74 Å². The summed E-state index contributed by atoms with van der Waals surface area (Å²) in [6, 6.07) is 10.1. The standard InChI is InChI=1S/C23H32N6O3/c1-18-16-22-28(23(31)8-11-29(22)25-18)17-21(30)24-9-3-10-26-12-14-27(15-13-26)19-4-6-20(32-2)7-5-19/h4-7,16H,3,8-15,17H2,1-2H3,(H,24,30). The fraction of sp³-hybridized carbons (Fsp3) is 0.522. The minimum Gasteiger partial charge on any atom is -0.497 e. The average Bonchev–Trinajstić information content (AvgIpc) is 3.20. The molecule has 1 aromatic carbocycles. The van der Waals surface area contributed by atoms with Crippen molar-refractivity contribution in [3.63, 3.8) is 0 Å². The highest BCUT2D eigenvalue weighted by Gasteiger charge is 2.27. The molecule has 1 saturated heterocycles. The highest BCUT2D eigenvalue weighted by molar-refractivity contribution is 5.98. The number of carbonyl (C=O) groups excluding carboxylic acids is 2. The van der Waals surface area contributed by atoms with Crippen LogP contribution in [0.4, 0.5) is 11.5 Å². The van der Waals surface area contributed by atoms with Gasteiger partial charge in [-0.2, -0.15) is 5.10 Å². The van der Waals surface area contributed by atoms with Crippen molar-refractivity contribution < 1.29 is 14.3 Å². The molecule has 9 nitrogen and oxygen atoms in total. The topological polar surface area (TPSA) is 82.9 Å². The molecule has 172 valence electrons. The SMILES string of the molecule is COc1ccc(N2CCN(CCCNC(=O)CN3C(=O)CCn4nc(C)cc43)CC2)cc1. The maximum Gasteiger partial charge on any atom is 0.240 e. The van der Waals surface area contributed by atoms with Crippen LogP contribution in [-0.4, -0.2) is 79.4 Å². The predicted molar refractivity (Wildman–Crippen MR) is 123 cm³/mol. The first-order chi connectivity index (χ1) is 15.5. The molecule has 3 heterocycles. The van der Waals surface area contributed by atoms with E-state index in [0.29, 0.717) is 25.3 Å². The Morgan fingerprint density at radius 2 is 1.88 bits per heavy atom. The Morgan fingerprint density at radius 1 is 1.12 bits per heavy atom. The van der Waals surface area contributed by atoms with Crippen LogP contribution < -0.4 is 19.9 Å². The normalized spacial score (nSPS) is 16.8. The van der Waals surface area contributed by atoms with E-state index in [-0.39, 0.29) is 18.4 Å². The Balaban J connectivity index is 1.15. The second kappa shape index (κ2) is 10.0. The number of anilines is 2. The molecular weight excluding hydrogens is 408 g/mol. The van der Waals surface area contributed by atoms with Gasteiger partial charge in [0.2, 0.25) is 11.8 Å². The second-order valence-electron chi connectivity index (χ2n) is 8.33. The molecule has 0 spiro atoms. The third kappa shape index (κ3) is 5.21. The zero-order valence-corrected chi connectivity index (χ0v) is 18.9. The molecule has 0 bridgehead atoms. The Labute approximate surface area is 188 Å². The number of aryl methyl sites for hydroxylation is 2. The lowest BCUT2D eigenvalue weighted by Crippen LogP contribution is -2.47. The second-order valence-corrected chi connectivity index (χ2v) is 8.33. The Morgan fingerprint density at radius 3 is 2.59 bits per heavy atom. The zero-order chi connectivity index (χ0) is 22.5. The van der Waals surface area contributed by atoms with E-state index >= 15 is 0 Å². The molecule has 1 N–H and O–H groups in total. The molecule has 4 rings (SSSR count). The molecule has 2 aromatic rings. The van der Waals surface area contributed by atoms with Gasteiger partial charge in [0.05, 0.1) is 19.3 Å². The summed E-state index contributed by atoms with van der Waals surface area (Å²) in [5.74, 6) is 1.43. The summed E-state index contributed by atoms with van der Waals surface area (Å²) in [4.78, 5) is 31.1. The van der Waals surface area contributed by atoms with Gasteiger partial charge in [0.1, 0.15) is 18.1 Å². The van der Waals surface area contributed by atoms with E-state index in [1.54, 1.807) is 11.8 Å². The molecule has 0 unspecified atom stereocenters. The molecule has 0 saturated carbocycles. The van der Waals surface area contributed by atoms with Crippen molar-refractivity contribution in [2.45, 2.75) is 26.3 Å². The number of methoxy groups -OCH3 is 1. The molecule has 2 amide bonds. The van der Waals surface area contributed by atoms with Gasteiger partial charge in [-0.25, -0.2) is 4.68 Å². The van der Waals surface area contributed by atoms with Gasteiger partial charge in [0.25, 0.3) is 0 Å². The first-order valence-corrected chi connectivity index (χ1v) is 11.3. The van der Waals surface area contributed by atoms with Crippen LogP contribution in [0.1, 0.15) is 18.5 Å². The maximum atomic E-state index is 12.4. The number of carbonyl (C=O) groups is 2. The van der Waals surface area contributed by atoms with Gasteiger partial charge >= 0.3 is 0 Å². The fourth-order valence-corrected chi connectivity index (χ4v) is 4.30. The summed E-state index contributed by atoms with van der Waals surface area (Å²) >= 11 is 0. The molecule has 1 fully saturated rings. The van der Waals surface area contributed by atoms with Crippen molar-refractivity contribution in [1.29, 1.82) is 0 Å². The number of fused-ring (bicyclic) bond motifs is 1. The number of amides is 2. The summed E-state index contributed by atoms with van der Waals surface area (Å²) < 4.78 is 7.03. The van der Waals surface area contributed by atoms with Gasteiger partial charge in [-0.3, -0.25) is 19.4 Å². The quantitative estimate of drug-likeness (QED) is 0.623. The average molecular weight is 441 g/mol. The predicted octanol–water partition coefficient (Wildman–Crippen LogP) is 1.27. The highest BCUT2D eigenvalue weighted by Crippen LogP contribution is 2.22. The number of aromatic nitrogens is 2. The van der Waals surface area contributed by atoms with Crippen LogP contribution in [0, 0.1) is 6.92 Å². The Kier molecular flexibility index (Phi) is 6.94. The number of hydrogen-bond acceptors (Lipinski definition) is 6. The van der Waals surface area contributed by atoms with Crippen molar-refractivity contribution in [1.82, 2.24) is 20.0 Å². The molecule has 9 heteroatoms. The Hall–Kier alpha value is -3.07. The van der Waals surface area contributed by atoms with Crippen LogP contribution in [-0.2, 0) is 16.1 Å². The van der Waals surface area contributed by atoms with Crippen LogP contribution in [0.5, 0.6) is 5.75 Å². The van der Waals surface area contributed by atoms with Crippen molar-refractivity contribution in [2.75, 3.05) is 62.7 Å². The number of ether oxygens (including phenoxy) is 1. The van der Waals surface area contributed by atoms with E-state index in [2.05, 4.69) is 32.3 Å². The van der Waals surface area contributed by atoms with Gasteiger partial charge in [-0.05, 0) is 44.2 Å². The van der Waals surface area contributed by atoms with Crippen LogP contribution in [0.25, 0.3) is 0 Å². The molecule has 0 aliphatic carbocycles. The van der Waals surface area contributed by atoms with Gasteiger partial charge in [0, 0.05) is 50.9 Å². The Bertz CT molecular complexity index is 934. The van der Waals surface area contributed by atoms with E-state index in [0.717, 1.165) is 50.6 Å². The van der Waals surface area contributed by atoms with Crippen LogP contribution in [0.3, 0.4) is 0 Å². The highest BCUT2D eigenvalue weighted by atomic mass is 16.5. The van der Waals surface area contributed by atoms with Gasteiger partial charge in [-0.15, -0.1) is 0 Å². The number of piperazine rings is 1. The zero-order valence-electron chi connectivity index (χ0n) is 18.9. The minimum atomic E-state index is -0.130. The summed E-state index contributed by atoms with van der Waals surface area (Å²) in [6.45, 7) is 8.06. The third-order valence-corrected chi connectivity index (χ3v) is 6.08. The molecule has 2 aliphatic rings. The van der Waals surface area contributed by atoms with E-state index < -0.39 is 0 Å². The van der Waals surface area contributed by atoms with Gasteiger partial charge in [0.15, 0.2) is 0 Å². The summed E-state index contributed by atoms with van der Waals surface area (Å²) in [5.41, 5.74) is 2.08. The molecule has 32 heavy (non-hydrogen) atoms. The largest absolute Gasteiger partial charge is 0.497 e. The molecule has 0 radical (unpaired) electrons. The van der Waals surface area contributed by atoms with Crippen LogP contribution in [0.15, 0.2) is 30.3 Å². The van der Waals surface area contributed by atoms with E-state index in [1.165, 1.54) is 10.6 Å². The van der Waals surface area contributed by atoms with E-state index in [9.17, 15) is 9.59 Å². The lowest BCUT2D eigenvalue weighted by Gasteiger charge is -2.36. The summed E-state index contributed by atoms with van der Waals surface area (Å²) in [6.07, 6.45) is 1.27. The first kappa shape index (κ1) is 22.1. The number of rotatable bonds is 8. The number of nitrogens with zero attached hydrogens (tertiary/aromatic N) is 5. The summed E-state index contributed by atoms with van der Waals surface area (Å²) in [5, 5.41) is 7.34. The number of benzene rings is 1. The fourth-order valence-electron chi connectivity index (χ4n) is 4.30. The third-order valence-electron chi connectivity index (χ3n) is 6.08. The lowest BCUT2D eigenvalue weighted by molar-refractivity contribution is -0.124. The van der Waals surface area contributed by atoms with Gasteiger partial charge in [-0.1, -0.05) is 0 Å². The molecule has 0 atom stereocenters. The minimum absolute atomic E-state index is 0.0257. The lowest BCUT2D eigenvalue weighted by atomic mass is 10.2. The number of nitrogens with one attached hydrogen (secondary N) is 1. The van der Waals surface area contributed by atoms with Crippen molar-refractivity contribution >= 4 is 23.3 Å². The molecule has 1 aromatic heterocycles. The monoisotopic (exact) mass is 440 g/mol. The smallest absolute Gasteiger partial charge is 0.240 e. The first-order valence-electron chi connectivity index (χ1n) is 11.3. The van der Waals surface area contributed by atoms with Crippen LogP contribution in [0.2, 0.25) is 0 Å². The van der Waals surface area contributed by atoms with E-state index in [1.807, 2.05) is 25.1 Å². The van der Waals surface area contributed by atoms with Gasteiger partial charge < -0.3 is 15.0 Å². The van der Waals surface area contributed by atoms with Crippen LogP contribution >= 0.6 is 0 Å². The molecule has 2 aliphatic heterocycles. The van der Waals surface area contributed by atoms with Crippen molar-refractivity contribution in [2.24, 2.45) is 0 Å². The number of hydrogen-bond donors (Lipinski definition) is 1.